The number of furan rings is 1. The SMILES string of the molecule is C[C@H](NC(=O)CNC(=O)NCc1ccco1)C(=O)O. The van der Waals surface area contributed by atoms with Crippen LogP contribution in [-0.2, 0) is 16.1 Å². The molecule has 19 heavy (non-hydrogen) atoms. The van der Waals surface area contributed by atoms with E-state index in [4.69, 9.17) is 9.52 Å². The van der Waals surface area contributed by atoms with E-state index in [1.54, 1.807) is 12.1 Å². The van der Waals surface area contributed by atoms with Crippen molar-refractivity contribution in [1.29, 1.82) is 0 Å². The quantitative estimate of drug-likeness (QED) is 0.563. The molecule has 1 atom stereocenters. The zero-order valence-electron chi connectivity index (χ0n) is 10.3. The summed E-state index contributed by atoms with van der Waals surface area (Å²) in [5.41, 5.74) is 0. The van der Waals surface area contributed by atoms with Crippen molar-refractivity contribution in [3.8, 4) is 0 Å². The Balaban J connectivity index is 2.19. The molecule has 1 heterocycles. The number of carboxylic acids is 1. The molecule has 1 rings (SSSR count). The molecule has 0 spiro atoms. The van der Waals surface area contributed by atoms with Crippen molar-refractivity contribution in [3.05, 3.63) is 24.2 Å². The minimum absolute atomic E-state index is 0.200. The van der Waals surface area contributed by atoms with Crippen LogP contribution in [0.4, 0.5) is 4.79 Å². The smallest absolute Gasteiger partial charge is 0.325 e. The average Bonchev–Trinajstić information content (AvgIpc) is 2.86. The fourth-order valence-electron chi connectivity index (χ4n) is 1.16. The van der Waals surface area contributed by atoms with Crippen molar-refractivity contribution >= 4 is 17.9 Å². The van der Waals surface area contributed by atoms with E-state index in [0.29, 0.717) is 5.76 Å². The largest absolute Gasteiger partial charge is 0.480 e. The van der Waals surface area contributed by atoms with Gasteiger partial charge >= 0.3 is 12.0 Å². The third-order valence-electron chi connectivity index (χ3n) is 2.16. The lowest BCUT2D eigenvalue weighted by Crippen LogP contribution is -2.46. The third kappa shape index (κ3) is 5.57. The molecule has 0 aliphatic rings. The molecule has 8 heteroatoms. The summed E-state index contributed by atoms with van der Waals surface area (Å²) in [6.07, 6.45) is 1.48. The van der Waals surface area contributed by atoms with E-state index in [9.17, 15) is 14.4 Å². The average molecular weight is 269 g/mol. The van der Waals surface area contributed by atoms with E-state index >= 15 is 0 Å². The molecule has 104 valence electrons. The van der Waals surface area contributed by atoms with Gasteiger partial charge in [0.25, 0.3) is 0 Å². The van der Waals surface area contributed by atoms with Crippen LogP contribution in [0.3, 0.4) is 0 Å². The lowest BCUT2D eigenvalue weighted by atomic mass is 10.3. The van der Waals surface area contributed by atoms with E-state index < -0.39 is 23.9 Å². The Morgan fingerprint density at radius 1 is 1.37 bits per heavy atom. The number of rotatable bonds is 6. The third-order valence-corrected chi connectivity index (χ3v) is 2.16. The van der Waals surface area contributed by atoms with Crippen LogP contribution in [0.2, 0.25) is 0 Å². The van der Waals surface area contributed by atoms with Gasteiger partial charge < -0.3 is 25.5 Å². The molecule has 0 aliphatic heterocycles. The topological polar surface area (TPSA) is 121 Å². The Morgan fingerprint density at radius 3 is 2.68 bits per heavy atom. The molecule has 0 aromatic carbocycles. The van der Waals surface area contributed by atoms with Crippen LogP contribution in [0.5, 0.6) is 0 Å². The van der Waals surface area contributed by atoms with Gasteiger partial charge in [0.15, 0.2) is 0 Å². The van der Waals surface area contributed by atoms with Crippen LogP contribution in [-0.4, -0.2) is 35.6 Å². The molecule has 0 bridgehead atoms. The highest BCUT2D eigenvalue weighted by molar-refractivity contribution is 5.87. The number of carbonyl (C=O) groups is 3. The highest BCUT2D eigenvalue weighted by Crippen LogP contribution is 1.97. The van der Waals surface area contributed by atoms with Crippen molar-refractivity contribution < 1.29 is 23.9 Å². The van der Waals surface area contributed by atoms with Crippen LogP contribution < -0.4 is 16.0 Å². The number of hydrogen-bond donors (Lipinski definition) is 4. The fourth-order valence-corrected chi connectivity index (χ4v) is 1.16. The van der Waals surface area contributed by atoms with Gasteiger partial charge in [0.1, 0.15) is 11.8 Å². The molecular weight excluding hydrogens is 254 g/mol. The number of amides is 3. The van der Waals surface area contributed by atoms with Crippen LogP contribution in [0.1, 0.15) is 12.7 Å². The highest BCUT2D eigenvalue weighted by Gasteiger charge is 2.14. The molecule has 8 nitrogen and oxygen atoms in total. The van der Waals surface area contributed by atoms with E-state index in [-0.39, 0.29) is 13.1 Å². The van der Waals surface area contributed by atoms with Gasteiger partial charge in [-0.3, -0.25) is 9.59 Å². The molecule has 0 aliphatic carbocycles. The molecule has 1 aromatic rings. The van der Waals surface area contributed by atoms with Crippen molar-refractivity contribution in [2.24, 2.45) is 0 Å². The Labute approximate surface area is 109 Å². The molecule has 0 unspecified atom stereocenters. The minimum Gasteiger partial charge on any atom is -0.480 e. The maximum atomic E-state index is 11.3. The van der Waals surface area contributed by atoms with Crippen LogP contribution >= 0.6 is 0 Å². The normalized spacial score (nSPS) is 11.4. The molecular formula is C11H15N3O5. The first-order chi connectivity index (χ1) is 8.99. The van der Waals surface area contributed by atoms with E-state index in [1.807, 2.05) is 0 Å². The van der Waals surface area contributed by atoms with E-state index in [1.165, 1.54) is 13.2 Å². The first-order valence-electron chi connectivity index (χ1n) is 5.55. The van der Waals surface area contributed by atoms with Gasteiger partial charge in [-0.05, 0) is 19.1 Å². The van der Waals surface area contributed by atoms with Crippen LogP contribution in [0, 0.1) is 0 Å². The summed E-state index contributed by atoms with van der Waals surface area (Å²) in [5, 5.41) is 15.5. The Bertz CT molecular complexity index is 443. The van der Waals surface area contributed by atoms with Gasteiger partial charge in [0, 0.05) is 0 Å². The van der Waals surface area contributed by atoms with Gasteiger partial charge in [0.2, 0.25) is 5.91 Å². The molecule has 0 saturated carbocycles. The van der Waals surface area contributed by atoms with Crippen molar-refractivity contribution in [2.45, 2.75) is 19.5 Å². The predicted octanol–water partition coefficient (Wildman–Crippen LogP) is -0.332. The number of carbonyl (C=O) groups excluding carboxylic acids is 2. The number of urea groups is 1. The standard InChI is InChI=1S/C11H15N3O5/c1-7(10(16)17)14-9(15)6-13-11(18)12-5-8-3-2-4-19-8/h2-4,7H,5-6H2,1H3,(H,14,15)(H,16,17)(H2,12,13,18)/t7-/m0/s1. The number of aliphatic carboxylic acids is 1. The summed E-state index contributed by atoms with van der Waals surface area (Å²) in [6.45, 7) is 1.23. The summed E-state index contributed by atoms with van der Waals surface area (Å²) in [5.74, 6) is -1.14. The van der Waals surface area contributed by atoms with E-state index in [2.05, 4.69) is 16.0 Å². The molecule has 0 radical (unpaired) electrons. The summed E-state index contributed by atoms with van der Waals surface area (Å²) >= 11 is 0. The number of hydrogen-bond acceptors (Lipinski definition) is 4. The first kappa shape index (κ1) is 14.6. The molecule has 3 amide bonds. The Morgan fingerprint density at radius 2 is 2.11 bits per heavy atom. The number of carboxylic acid groups (broad SMARTS) is 1. The summed E-state index contributed by atoms with van der Waals surface area (Å²) < 4.78 is 5.00. The molecule has 1 aromatic heterocycles. The van der Waals surface area contributed by atoms with E-state index in [0.717, 1.165) is 0 Å². The lowest BCUT2D eigenvalue weighted by molar-refractivity contribution is -0.141. The second kappa shape index (κ2) is 7.04. The summed E-state index contributed by atoms with van der Waals surface area (Å²) in [4.78, 5) is 33.0. The number of nitrogens with one attached hydrogen (secondary N) is 3. The zero-order chi connectivity index (χ0) is 14.3. The van der Waals surface area contributed by atoms with Crippen LogP contribution in [0.15, 0.2) is 22.8 Å². The predicted molar refractivity (Wildman–Crippen MR) is 64.2 cm³/mol. The minimum atomic E-state index is -1.14. The maximum Gasteiger partial charge on any atom is 0.325 e. The Hall–Kier alpha value is -2.51. The van der Waals surface area contributed by atoms with Gasteiger partial charge in [-0.25, -0.2) is 4.79 Å². The van der Waals surface area contributed by atoms with Crippen molar-refractivity contribution in [1.82, 2.24) is 16.0 Å². The fraction of sp³-hybridized carbons (Fsp3) is 0.364. The second-order valence-electron chi connectivity index (χ2n) is 3.74. The van der Waals surface area contributed by atoms with Crippen molar-refractivity contribution in [2.75, 3.05) is 6.54 Å². The molecule has 0 fully saturated rings. The van der Waals surface area contributed by atoms with Gasteiger partial charge in [0.05, 0.1) is 19.4 Å². The van der Waals surface area contributed by atoms with Gasteiger partial charge in [-0.15, -0.1) is 0 Å². The lowest BCUT2D eigenvalue weighted by Gasteiger charge is -2.10. The van der Waals surface area contributed by atoms with Gasteiger partial charge in [-0.1, -0.05) is 0 Å². The van der Waals surface area contributed by atoms with Gasteiger partial charge in [-0.2, -0.15) is 0 Å². The second-order valence-corrected chi connectivity index (χ2v) is 3.74. The molecule has 4 N–H and O–H groups in total. The molecule has 0 saturated heterocycles. The Kier molecular flexibility index (Phi) is 5.39. The summed E-state index contributed by atoms with van der Waals surface area (Å²) in [6, 6.07) is 1.84. The highest BCUT2D eigenvalue weighted by atomic mass is 16.4. The van der Waals surface area contributed by atoms with Crippen LogP contribution in [0.25, 0.3) is 0 Å². The maximum absolute atomic E-state index is 11.3. The first-order valence-corrected chi connectivity index (χ1v) is 5.55. The van der Waals surface area contributed by atoms with Crippen molar-refractivity contribution in [3.63, 3.8) is 0 Å². The summed E-state index contributed by atoms with van der Waals surface area (Å²) in [7, 11) is 0. The zero-order valence-corrected chi connectivity index (χ0v) is 10.3. The monoisotopic (exact) mass is 269 g/mol.